The van der Waals surface area contributed by atoms with E-state index in [9.17, 15) is 5.11 Å². The summed E-state index contributed by atoms with van der Waals surface area (Å²) < 4.78 is 0. The largest absolute Gasteiger partial charge is 0.381 e. The molecule has 1 aliphatic rings. The van der Waals surface area contributed by atoms with Crippen LogP contribution in [-0.4, -0.2) is 38.6 Å². The molecule has 1 saturated heterocycles. The lowest BCUT2D eigenvalue weighted by atomic mass is 10.00. The highest BCUT2D eigenvalue weighted by Gasteiger charge is 2.40. The minimum absolute atomic E-state index is 0.448. The predicted octanol–water partition coefficient (Wildman–Crippen LogP) is 0.951. The number of hydrogen-bond donors (Lipinski definition) is 2. The van der Waals surface area contributed by atoms with E-state index in [1.165, 1.54) is 0 Å². The van der Waals surface area contributed by atoms with Crippen LogP contribution in [0.3, 0.4) is 0 Å². The second kappa shape index (κ2) is 4.22. The molecule has 3 heterocycles. The van der Waals surface area contributed by atoms with Gasteiger partial charge in [0.1, 0.15) is 11.3 Å². The lowest BCUT2D eigenvalue weighted by molar-refractivity contribution is 0.0560. The van der Waals surface area contributed by atoms with Gasteiger partial charge in [-0.3, -0.25) is 4.98 Å². The van der Waals surface area contributed by atoms with E-state index in [0.717, 1.165) is 5.69 Å². The third-order valence-corrected chi connectivity index (χ3v) is 3.52. The Morgan fingerprint density at radius 3 is 3.06 bits per heavy atom. The lowest BCUT2D eigenvalue weighted by Gasteiger charge is -2.22. The van der Waals surface area contributed by atoms with Gasteiger partial charge in [-0.1, -0.05) is 11.6 Å². The fourth-order valence-corrected chi connectivity index (χ4v) is 2.50. The molecule has 2 N–H and O–H groups in total. The number of β-amino-alcohol motifs (C(OH)–C–C–N with tert-alkyl or cyclic N) is 1. The Hall–Kier alpha value is -1.66. The van der Waals surface area contributed by atoms with Crippen molar-refractivity contribution in [3.8, 4) is 0 Å². The predicted molar refractivity (Wildman–Crippen MR) is 66.4 cm³/mol. The molecule has 3 rings (SSSR count). The number of pyridine rings is 1. The van der Waals surface area contributed by atoms with Crippen molar-refractivity contribution in [2.75, 3.05) is 18.0 Å². The van der Waals surface area contributed by atoms with Crippen LogP contribution in [0.5, 0.6) is 0 Å². The molecule has 0 amide bonds. The van der Waals surface area contributed by atoms with Crippen LogP contribution in [0.25, 0.3) is 0 Å². The zero-order valence-electron chi connectivity index (χ0n) is 9.54. The van der Waals surface area contributed by atoms with Gasteiger partial charge in [-0.15, -0.1) is 0 Å². The molecule has 0 spiro atoms. The van der Waals surface area contributed by atoms with Gasteiger partial charge >= 0.3 is 0 Å². The number of H-pyrrole nitrogens is 1. The zero-order valence-corrected chi connectivity index (χ0v) is 10.3. The van der Waals surface area contributed by atoms with Crippen molar-refractivity contribution in [3.05, 3.63) is 35.4 Å². The highest BCUT2D eigenvalue weighted by Crippen LogP contribution is 2.35. The molecule has 2 aromatic heterocycles. The third kappa shape index (κ3) is 1.83. The van der Waals surface area contributed by atoms with Gasteiger partial charge in [0.15, 0.2) is 0 Å². The molecule has 0 radical (unpaired) electrons. The van der Waals surface area contributed by atoms with E-state index >= 15 is 0 Å². The van der Waals surface area contributed by atoms with Crippen LogP contribution in [0, 0.1) is 0 Å². The summed E-state index contributed by atoms with van der Waals surface area (Å²) in [5.41, 5.74) is 0.473. The van der Waals surface area contributed by atoms with E-state index in [1.54, 1.807) is 18.6 Å². The Kier molecular flexibility index (Phi) is 2.68. The number of halogens is 1. The number of nitrogens with zero attached hydrogens (tertiary/aromatic N) is 4. The Morgan fingerprint density at radius 2 is 2.33 bits per heavy atom. The van der Waals surface area contributed by atoms with Gasteiger partial charge in [-0.25, -0.2) is 0 Å². The van der Waals surface area contributed by atoms with Crippen molar-refractivity contribution >= 4 is 17.3 Å². The minimum atomic E-state index is -0.973. The van der Waals surface area contributed by atoms with E-state index in [-0.39, 0.29) is 0 Å². The number of rotatable bonds is 2. The van der Waals surface area contributed by atoms with Crippen LogP contribution in [0.2, 0.25) is 5.02 Å². The Labute approximate surface area is 109 Å². The van der Waals surface area contributed by atoms with Gasteiger partial charge in [0.2, 0.25) is 0 Å². The maximum absolute atomic E-state index is 10.6. The molecular formula is C11H12ClN5O. The molecule has 94 valence electrons. The van der Waals surface area contributed by atoms with Crippen LogP contribution in [-0.2, 0) is 5.60 Å². The molecule has 2 aromatic rings. The highest BCUT2D eigenvalue weighted by atomic mass is 35.5. The molecule has 1 unspecified atom stereocenters. The summed E-state index contributed by atoms with van der Waals surface area (Å²) >= 11 is 6.10. The molecule has 1 fully saturated rings. The van der Waals surface area contributed by atoms with Gasteiger partial charge in [0, 0.05) is 25.4 Å². The Balaban J connectivity index is 1.86. The zero-order chi connectivity index (χ0) is 12.6. The number of aliphatic hydroxyl groups is 1. The lowest BCUT2D eigenvalue weighted by Crippen LogP contribution is -2.31. The molecule has 1 aliphatic heterocycles. The first-order chi connectivity index (χ1) is 8.69. The molecule has 6 nitrogen and oxygen atoms in total. The number of aromatic amines is 1. The number of anilines is 1. The quantitative estimate of drug-likeness (QED) is 0.845. The molecule has 18 heavy (non-hydrogen) atoms. The first kappa shape index (κ1) is 11.4. The second-order valence-corrected chi connectivity index (χ2v) is 4.79. The van der Waals surface area contributed by atoms with Crippen LogP contribution in [0.4, 0.5) is 5.69 Å². The maximum atomic E-state index is 10.6. The summed E-state index contributed by atoms with van der Waals surface area (Å²) in [6.45, 7) is 1.16. The summed E-state index contributed by atoms with van der Waals surface area (Å²) in [5, 5.41) is 21.4. The average molecular weight is 266 g/mol. The van der Waals surface area contributed by atoms with Crippen LogP contribution >= 0.6 is 11.6 Å². The van der Waals surface area contributed by atoms with Crippen molar-refractivity contribution in [1.82, 2.24) is 20.4 Å². The van der Waals surface area contributed by atoms with Gasteiger partial charge in [0.25, 0.3) is 0 Å². The van der Waals surface area contributed by atoms with E-state index < -0.39 is 5.60 Å². The molecule has 0 bridgehead atoms. The molecular weight excluding hydrogens is 254 g/mol. The second-order valence-electron chi connectivity index (χ2n) is 4.39. The minimum Gasteiger partial charge on any atom is -0.381 e. The molecule has 0 saturated carbocycles. The Bertz CT molecular complexity index is 546. The van der Waals surface area contributed by atoms with Crippen LogP contribution in [0.1, 0.15) is 12.1 Å². The maximum Gasteiger partial charge on any atom is 0.129 e. The summed E-state index contributed by atoms with van der Waals surface area (Å²) in [5.74, 6) is 0. The normalized spacial score (nSPS) is 23.6. The summed E-state index contributed by atoms with van der Waals surface area (Å²) in [6.07, 6.45) is 5.44. The molecule has 7 heteroatoms. The standard InChI is InChI=1S/C11H12ClN5O/c12-8-5-13-3-1-9(8)17-4-2-11(18,7-17)10-6-14-16-15-10/h1,3,5-6,18H,2,4,7H2,(H,14,15,16). The van der Waals surface area contributed by atoms with Crippen molar-refractivity contribution in [1.29, 1.82) is 0 Å². The average Bonchev–Trinajstić information content (AvgIpc) is 2.99. The van der Waals surface area contributed by atoms with Crippen LogP contribution in [0.15, 0.2) is 24.7 Å². The van der Waals surface area contributed by atoms with Crippen LogP contribution < -0.4 is 4.90 Å². The van der Waals surface area contributed by atoms with E-state index in [0.29, 0.717) is 30.2 Å². The fourth-order valence-electron chi connectivity index (χ4n) is 2.26. The van der Waals surface area contributed by atoms with E-state index in [4.69, 9.17) is 11.6 Å². The van der Waals surface area contributed by atoms with Crippen molar-refractivity contribution < 1.29 is 5.11 Å². The van der Waals surface area contributed by atoms with Crippen molar-refractivity contribution in [2.24, 2.45) is 0 Å². The molecule has 1 atom stereocenters. The Morgan fingerprint density at radius 1 is 1.44 bits per heavy atom. The third-order valence-electron chi connectivity index (χ3n) is 3.23. The van der Waals surface area contributed by atoms with Gasteiger partial charge in [-0.2, -0.15) is 15.4 Å². The molecule has 0 aromatic carbocycles. The smallest absolute Gasteiger partial charge is 0.129 e. The van der Waals surface area contributed by atoms with E-state index in [2.05, 4.69) is 20.4 Å². The first-order valence-electron chi connectivity index (χ1n) is 5.62. The number of aromatic nitrogens is 4. The number of hydrogen-bond acceptors (Lipinski definition) is 5. The monoisotopic (exact) mass is 265 g/mol. The first-order valence-corrected chi connectivity index (χ1v) is 6.00. The highest BCUT2D eigenvalue weighted by molar-refractivity contribution is 6.33. The summed E-state index contributed by atoms with van der Waals surface area (Å²) in [6, 6.07) is 1.84. The fraction of sp³-hybridized carbons (Fsp3) is 0.364. The number of nitrogens with one attached hydrogen (secondary N) is 1. The van der Waals surface area contributed by atoms with Crippen molar-refractivity contribution in [2.45, 2.75) is 12.0 Å². The molecule has 0 aliphatic carbocycles. The summed E-state index contributed by atoms with van der Waals surface area (Å²) in [7, 11) is 0. The van der Waals surface area contributed by atoms with E-state index in [1.807, 2.05) is 11.0 Å². The van der Waals surface area contributed by atoms with Gasteiger partial charge < -0.3 is 10.0 Å². The van der Waals surface area contributed by atoms with Crippen molar-refractivity contribution in [3.63, 3.8) is 0 Å². The van der Waals surface area contributed by atoms with Gasteiger partial charge in [-0.05, 0) is 6.07 Å². The SMILES string of the molecule is OC1(c2cn[nH]n2)CCN(c2ccncc2Cl)C1. The topological polar surface area (TPSA) is 77.9 Å². The van der Waals surface area contributed by atoms with Gasteiger partial charge in [0.05, 0.1) is 23.5 Å². The summed E-state index contributed by atoms with van der Waals surface area (Å²) in [4.78, 5) is 5.98.